The van der Waals surface area contributed by atoms with Crippen LogP contribution >= 0.6 is 12.2 Å². The Labute approximate surface area is 140 Å². The van der Waals surface area contributed by atoms with Gasteiger partial charge in [-0.15, -0.1) is 0 Å². The highest BCUT2D eigenvalue weighted by molar-refractivity contribution is 7.80. The van der Waals surface area contributed by atoms with Gasteiger partial charge in [0.1, 0.15) is 0 Å². The summed E-state index contributed by atoms with van der Waals surface area (Å²) < 4.78 is 2.23. The fraction of sp³-hybridized carbons (Fsp3) is 0.222. The number of imidazole rings is 1. The molecule has 0 saturated carbocycles. The van der Waals surface area contributed by atoms with E-state index in [1.54, 1.807) is 0 Å². The van der Waals surface area contributed by atoms with Crippen molar-refractivity contribution in [1.29, 1.82) is 0 Å². The van der Waals surface area contributed by atoms with E-state index in [4.69, 9.17) is 17.2 Å². The third kappa shape index (κ3) is 2.47. The average Bonchev–Trinajstić information content (AvgIpc) is 3.04. The van der Waals surface area contributed by atoms with Crippen LogP contribution in [-0.2, 0) is 6.54 Å². The van der Waals surface area contributed by atoms with Crippen LogP contribution in [0.2, 0.25) is 0 Å². The first-order valence-corrected chi connectivity index (χ1v) is 8.15. The largest absolute Gasteiger partial charge is 0.332 e. The topological polar surface area (TPSA) is 33.1 Å². The van der Waals surface area contributed by atoms with Gasteiger partial charge in [0.05, 0.1) is 11.0 Å². The van der Waals surface area contributed by atoms with Crippen molar-refractivity contribution in [3.05, 3.63) is 53.6 Å². The minimum Gasteiger partial charge on any atom is -0.332 e. The molecule has 0 bridgehead atoms. The smallest absolute Gasteiger partial charge is 0.213 e. The maximum Gasteiger partial charge on any atom is 0.213 e. The van der Waals surface area contributed by atoms with Crippen molar-refractivity contribution in [3.8, 4) is 0 Å². The van der Waals surface area contributed by atoms with E-state index in [-0.39, 0.29) is 0 Å². The molecular weight excluding hydrogens is 304 g/mol. The third-order valence-corrected chi connectivity index (χ3v) is 4.46. The van der Waals surface area contributed by atoms with E-state index in [1.165, 1.54) is 16.6 Å². The molecule has 1 aliphatic rings. The molecule has 0 amide bonds. The molecule has 0 radical (unpaired) electrons. The second-order valence-corrected chi connectivity index (χ2v) is 6.40. The van der Waals surface area contributed by atoms with Gasteiger partial charge in [-0.05, 0) is 61.5 Å². The monoisotopic (exact) mass is 322 g/mol. The quantitative estimate of drug-likeness (QED) is 0.690. The second-order valence-electron chi connectivity index (χ2n) is 6.01. The maximum atomic E-state index is 5.62. The van der Waals surface area contributed by atoms with Gasteiger partial charge in [0.15, 0.2) is 5.11 Å². The lowest BCUT2D eigenvalue weighted by molar-refractivity contribution is 0.829. The molecule has 23 heavy (non-hydrogen) atoms. The number of fused-ring (bicyclic) bond motifs is 3. The minimum atomic E-state index is 0.698. The Balaban J connectivity index is 1.64. The summed E-state index contributed by atoms with van der Waals surface area (Å²) in [7, 11) is 0. The van der Waals surface area contributed by atoms with Gasteiger partial charge in [-0.2, -0.15) is 0 Å². The number of hydrogen-bond donors (Lipinski definition) is 1. The molecule has 0 spiro atoms. The lowest BCUT2D eigenvalue weighted by Gasteiger charge is -2.19. The zero-order chi connectivity index (χ0) is 16.0. The number of aromatic nitrogens is 2. The molecule has 0 saturated heterocycles. The summed E-state index contributed by atoms with van der Waals surface area (Å²) in [5.41, 5.74) is 5.66. The Kier molecular flexibility index (Phi) is 3.31. The third-order valence-electron chi connectivity index (χ3n) is 4.14. The summed E-state index contributed by atoms with van der Waals surface area (Å²) >= 11 is 5.62. The van der Waals surface area contributed by atoms with Crippen LogP contribution in [0.15, 0.2) is 42.5 Å². The standard InChI is InChI=1S/C18H18N4S/c1-12-9-13(2)11-14(10-12)19-18(23)22-8-7-21-16-6-4-3-5-15(16)20-17(21)22/h3-6,9-11H,7-8H2,1-2H3,(H,19,23). The number of aryl methyl sites for hydroxylation is 2. The van der Waals surface area contributed by atoms with Crippen LogP contribution in [0, 0.1) is 13.8 Å². The van der Waals surface area contributed by atoms with Crippen molar-refractivity contribution in [2.24, 2.45) is 0 Å². The summed E-state index contributed by atoms with van der Waals surface area (Å²) in [6, 6.07) is 14.6. The van der Waals surface area contributed by atoms with Crippen LogP contribution in [0.1, 0.15) is 11.1 Å². The highest BCUT2D eigenvalue weighted by Crippen LogP contribution is 2.27. The Bertz CT molecular complexity index is 892. The SMILES string of the molecule is Cc1cc(C)cc(NC(=S)N2CCn3c2nc2ccccc23)c1. The van der Waals surface area contributed by atoms with Gasteiger partial charge in [-0.1, -0.05) is 18.2 Å². The van der Waals surface area contributed by atoms with Crippen molar-refractivity contribution in [2.45, 2.75) is 20.4 Å². The number of benzene rings is 2. The molecule has 116 valence electrons. The van der Waals surface area contributed by atoms with Crippen molar-refractivity contribution in [3.63, 3.8) is 0 Å². The predicted molar refractivity (Wildman–Crippen MR) is 99.2 cm³/mol. The Hall–Kier alpha value is -2.40. The van der Waals surface area contributed by atoms with Crippen LogP contribution in [0.3, 0.4) is 0 Å². The normalized spacial score (nSPS) is 13.4. The molecule has 2 aromatic carbocycles. The van der Waals surface area contributed by atoms with Crippen LogP contribution in [0.5, 0.6) is 0 Å². The summed E-state index contributed by atoms with van der Waals surface area (Å²) in [6.45, 7) is 5.95. The molecule has 1 aromatic heterocycles. The van der Waals surface area contributed by atoms with Crippen LogP contribution in [-0.4, -0.2) is 21.2 Å². The number of para-hydroxylation sites is 2. The summed E-state index contributed by atoms with van der Waals surface area (Å²) in [6.07, 6.45) is 0. The fourth-order valence-corrected chi connectivity index (χ4v) is 3.51. The lowest BCUT2D eigenvalue weighted by atomic mass is 10.1. The van der Waals surface area contributed by atoms with E-state index in [0.717, 1.165) is 30.2 Å². The highest BCUT2D eigenvalue weighted by Gasteiger charge is 2.26. The van der Waals surface area contributed by atoms with Gasteiger partial charge in [-0.25, -0.2) is 4.98 Å². The summed E-state index contributed by atoms with van der Waals surface area (Å²) in [5, 5.41) is 4.05. The Morgan fingerprint density at radius 2 is 1.83 bits per heavy atom. The fourth-order valence-electron chi connectivity index (χ4n) is 3.22. The molecule has 0 unspecified atom stereocenters. The summed E-state index contributed by atoms with van der Waals surface area (Å²) in [5.74, 6) is 0.924. The molecule has 5 heteroatoms. The van der Waals surface area contributed by atoms with E-state index in [2.05, 4.69) is 52.9 Å². The number of nitrogens with one attached hydrogen (secondary N) is 1. The van der Waals surface area contributed by atoms with E-state index in [1.807, 2.05) is 18.2 Å². The van der Waals surface area contributed by atoms with Gasteiger partial charge in [0, 0.05) is 18.8 Å². The number of rotatable bonds is 1. The number of thiocarbonyl (C=S) groups is 1. The number of hydrogen-bond acceptors (Lipinski definition) is 2. The van der Waals surface area contributed by atoms with Crippen molar-refractivity contribution < 1.29 is 0 Å². The first kappa shape index (κ1) is 14.2. The van der Waals surface area contributed by atoms with Crippen molar-refractivity contribution in [1.82, 2.24) is 9.55 Å². The Morgan fingerprint density at radius 3 is 2.61 bits per heavy atom. The van der Waals surface area contributed by atoms with Crippen LogP contribution in [0.25, 0.3) is 11.0 Å². The molecule has 1 N–H and O–H groups in total. The number of nitrogens with zero attached hydrogens (tertiary/aromatic N) is 3. The van der Waals surface area contributed by atoms with E-state index in [9.17, 15) is 0 Å². The van der Waals surface area contributed by atoms with Gasteiger partial charge < -0.3 is 9.88 Å². The van der Waals surface area contributed by atoms with E-state index in [0.29, 0.717) is 5.11 Å². The minimum absolute atomic E-state index is 0.698. The molecule has 2 heterocycles. The molecule has 1 aliphatic heterocycles. The van der Waals surface area contributed by atoms with Crippen LogP contribution < -0.4 is 10.2 Å². The predicted octanol–water partition coefficient (Wildman–Crippen LogP) is 3.87. The van der Waals surface area contributed by atoms with Crippen LogP contribution in [0.4, 0.5) is 11.6 Å². The maximum absolute atomic E-state index is 5.62. The first-order valence-electron chi connectivity index (χ1n) is 7.74. The lowest BCUT2D eigenvalue weighted by Crippen LogP contribution is -2.33. The Morgan fingerprint density at radius 1 is 1.09 bits per heavy atom. The summed E-state index contributed by atoms with van der Waals surface area (Å²) in [4.78, 5) is 6.81. The molecule has 0 fully saturated rings. The van der Waals surface area contributed by atoms with Crippen molar-refractivity contribution >= 4 is 40.0 Å². The highest BCUT2D eigenvalue weighted by atomic mass is 32.1. The first-order chi connectivity index (χ1) is 11.1. The van der Waals surface area contributed by atoms with Gasteiger partial charge in [0.2, 0.25) is 5.95 Å². The average molecular weight is 322 g/mol. The van der Waals surface area contributed by atoms with E-state index < -0.39 is 0 Å². The second kappa shape index (κ2) is 5.35. The molecule has 3 aromatic rings. The number of anilines is 2. The van der Waals surface area contributed by atoms with Crippen molar-refractivity contribution in [2.75, 3.05) is 16.8 Å². The zero-order valence-electron chi connectivity index (χ0n) is 13.2. The molecule has 0 atom stereocenters. The molecule has 4 nitrogen and oxygen atoms in total. The van der Waals surface area contributed by atoms with Gasteiger partial charge in [-0.3, -0.25) is 4.90 Å². The molecule has 0 aliphatic carbocycles. The van der Waals surface area contributed by atoms with E-state index >= 15 is 0 Å². The van der Waals surface area contributed by atoms with Gasteiger partial charge >= 0.3 is 0 Å². The molecular formula is C18H18N4S. The van der Waals surface area contributed by atoms with Gasteiger partial charge in [0.25, 0.3) is 0 Å². The zero-order valence-corrected chi connectivity index (χ0v) is 14.0. The molecule has 4 rings (SSSR count).